The Morgan fingerprint density at radius 1 is 1.00 bits per heavy atom. The summed E-state index contributed by atoms with van der Waals surface area (Å²) >= 11 is -1.58. The van der Waals surface area contributed by atoms with Gasteiger partial charge in [0.25, 0.3) is 0 Å². The predicted octanol–water partition coefficient (Wildman–Crippen LogP) is -3.22. The summed E-state index contributed by atoms with van der Waals surface area (Å²) in [5.41, 5.74) is 0. The molecule has 0 saturated heterocycles. The van der Waals surface area contributed by atoms with Gasteiger partial charge in [0.1, 0.15) is 0 Å². The van der Waals surface area contributed by atoms with Crippen LogP contribution in [0.1, 0.15) is 0 Å². The molecule has 8 nitrogen and oxygen atoms in total. The van der Waals surface area contributed by atoms with Crippen LogP contribution in [0.25, 0.3) is 0 Å². The molecule has 0 spiro atoms. The summed E-state index contributed by atoms with van der Waals surface area (Å²) < 4.78 is -1.90. The molecule has 0 fully saturated rings. The minimum atomic E-state index is -1.58. The van der Waals surface area contributed by atoms with Crippen molar-refractivity contribution >= 4 is 0 Å². The number of nitrogens with zero attached hydrogens (tertiary/aromatic N) is 2. The van der Waals surface area contributed by atoms with Gasteiger partial charge in [-0.05, 0) is 0 Å². The third kappa shape index (κ3) is 25.3. The van der Waals surface area contributed by atoms with E-state index in [4.69, 9.17) is 0 Å². The van der Waals surface area contributed by atoms with Gasteiger partial charge in [-0.1, -0.05) is 0 Å². The van der Waals surface area contributed by atoms with E-state index in [1.54, 1.807) is 0 Å². The summed E-state index contributed by atoms with van der Waals surface area (Å²) in [6.07, 6.45) is 0. The molecule has 0 heterocycles. The van der Waals surface area contributed by atoms with Crippen LogP contribution in [-0.2, 0) is 18.5 Å². The molecule has 0 rings (SSSR count). The van der Waals surface area contributed by atoms with Crippen molar-refractivity contribution in [1.29, 1.82) is 0 Å². The molecule has 0 aromatic heterocycles. The van der Waals surface area contributed by atoms with Crippen molar-refractivity contribution in [3.63, 3.8) is 0 Å². The Hall–Kier alpha value is -0.328. The van der Waals surface area contributed by atoms with Crippen molar-refractivity contribution in [2.45, 2.75) is 0 Å². The van der Waals surface area contributed by atoms with Crippen LogP contribution in [0.2, 0.25) is 0 Å². The molecule has 10 heavy (non-hydrogen) atoms. The summed E-state index contributed by atoms with van der Waals surface area (Å²) in [6.45, 7) is 0. The van der Waals surface area contributed by atoms with Crippen molar-refractivity contribution < 1.29 is 38.0 Å². The number of hydrogen-bond acceptors (Lipinski definition) is 6. The van der Waals surface area contributed by atoms with Gasteiger partial charge in [-0.3, -0.25) is 0 Å². The van der Waals surface area contributed by atoms with Crippen molar-refractivity contribution in [1.82, 2.24) is 12.3 Å². The molecule has 0 aliphatic carbocycles. The maximum Gasteiger partial charge on any atom is -1.00 e. The molecule has 0 aliphatic heterocycles. The fourth-order valence-corrected chi connectivity index (χ4v) is 0.249. The van der Waals surface area contributed by atoms with E-state index in [0.717, 1.165) is 0 Å². The predicted molar refractivity (Wildman–Crippen MR) is 24.0 cm³/mol. The first-order chi connectivity index (χ1) is 3.13. The molecule has 0 aliphatic rings. The van der Waals surface area contributed by atoms with Gasteiger partial charge in [0.05, 0.1) is 0 Å². The van der Waals surface area contributed by atoms with E-state index in [2.05, 4.69) is 0 Å². The van der Waals surface area contributed by atoms with Gasteiger partial charge in [-0.15, -0.1) is 0 Å². The summed E-state index contributed by atoms with van der Waals surface area (Å²) in [5, 5.41) is 18.4. The minimum Gasteiger partial charge on any atom is -1.00 e. The Labute approximate surface area is 71.0 Å². The maximum absolute atomic E-state index is 9.20. The van der Waals surface area contributed by atoms with E-state index >= 15 is 0 Å². The first kappa shape index (κ1) is 22.6. The fourth-order valence-electron chi connectivity index (χ4n) is 0.0422. The van der Waals surface area contributed by atoms with Crippen molar-refractivity contribution in [2.24, 2.45) is 0 Å². The zero-order chi connectivity index (χ0) is 5.86. The van der Waals surface area contributed by atoms with Crippen molar-refractivity contribution in [3.8, 4) is 0 Å². The summed E-state index contributed by atoms with van der Waals surface area (Å²) in [6, 6.07) is 0. The molecular formula is H6ClN4O4Pd-. The van der Waals surface area contributed by atoms with E-state index in [1.165, 1.54) is 0 Å². The van der Waals surface area contributed by atoms with Crippen LogP contribution in [0, 0.1) is 20.2 Å². The molecule has 68 valence electrons. The smallest absolute Gasteiger partial charge is 1.00 e. The Morgan fingerprint density at radius 3 is 1.20 bits per heavy atom. The zero-order valence-corrected chi connectivity index (χ0v) is 6.95. The SMILES string of the molecule is N.N.O=[N+]([O-])[Pd][N+](=O)[O-].[Cl-]. The monoisotopic (exact) mass is 267 g/mol. The minimum absolute atomic E-state index is 0. The van der Waals surface area contributed by atoms with Gasteiger partial charge in [0.2, 0.25) is 0 Å². The Balaban J connectivity index is -0.0000000600. The quantitative estimate of drug-likeness (QED) is 0.304. The Morgan fingerprint density at radius 2 is 1.20 bits per heavy atom. The molecule has 0 bridgehead atoms. The van der Waals surface area contributed by atoms with Crippen molar-refractivity contribution in [2.75, 3.05) is 0 Å². The second-order valence-electron chi connectivity index (χ2n) is 0.443. The van der Waals surface area contributed by atoms with Crippen LogP contribution in [0.15, 0.2) is 0 Å². The van der Waals surface area contributed by atoms with Gasteiger partial charge in [-0.25, -0.2) is 0 Å². The third-order valence-electron chi connectivity index (χ3n) is 0.103. The van der Waals surface area contributed by atoms with Crippen LogP contribution in [-0.4, -0.2) is 7.11 Å². The topological polar surface area (TPSA) is 156 Å². The van der Waals surface area contributed by atoms with Crippen LogP contribution >= 0.6 is 0 Å². The molecule has 0 atom stereocenters. The summed E-state index contributed by atoms with van der Waals surface area (Å²) in [5.74, 6) is 0. The Bertz CT molecular complexity index is 93.4. The molecule has 0 aromatic carbocycles. The number of rotatable bonds is 2. The maximum atomic E-state index is 9.20. The number of hydrogen-bond donors (Lipinski definition) is 2. The average molecular weight is 268 g/mol. The van der Waals surface area contributed by atoms with Crippen LogP contribution in [0.5, 0.6) is 0 Å². The normalized spacial score (nSPS) is 6.00. The molecule has 0 amide bonds. The van der Waals surface area contributed by atoms with Gasteiger partial charge < -0.3 is 24.7 Å². The standard InChI is InChI=1S/ClH.2NO2.2H3N.Pd/c;2*2-1-3;;;/h1H;;;2*1H3;/p-1. The van der Waals surface area contributed by atoms with Crippen LogP contribution < -0.4 is 24.7 Å². The number of halogens is 1. The van der Waals surface area contributed by atoms with E-state index in [9.17, 15) is 20.2 Å². The fraction of sp³-hybridized carbons (Fsp3) is 0. The Kier molecular flexibility index (Phi) is 25.9. The second kappa shape index (κ2) is 11.5. The first-order valence-corrected chi connectivity index (χ1v) is 2.40. The molecule has 10 heteroatoms. The molecule has 0 radical (unpaired) electrons. The summed E-state index contributed by atoms with van der Waals surface area (Å²) in [4.78, 5) is 18.4. The molecule has 0 unspecified atom stereocenters. The third-order valence-corrected chi connectivity index (χ3v) is 0.611. The van der Waals surface area contributed by atoms with Gasteiger partial charge in [0.15, 0.2) is 0 Å². The van der Waals surface area contributed by atoms with E-state index in [0.29, 0.717) is 0 Å². The molecule has 0 aromatic rings. The molecule has 0 saturated carbocycles. The van der Waals surface area contributed by atoms with Gasteiger partial charge in [0, 0.05) is 0 Å². The second-order valence-corrected chi connectivity index (χ2v) is 1.89. The van der Waals surface area contributed by atoms with E-state index in [-0.39, 0.29) is 24.7 Å². The molecular weight excluding hydrogens is 262 g/mol. The van der Waals surface area contributed by atoms with Crippen LogP contribution in [0.3, 0.4) is 0 Å². The molecule has 6 N–H and O–H groups in total. The van der Waals surface area contributed by atoms with Gasteiger partial charge in [-0.2, -0.15) is 0 Å². The zero-order valence-electron chi connectivity index (χ0n) is 4.64. The van der Waals surface area contributed by atoms with Crippen LogP contribution in [0.4, 0.5) is 0 Å². The van der Waals surface area contributed by atoms with E-state index < -0.39 is 25.6 Å². The first-order valence-electron chi connectivity index (χ1n) is 1.01. The largest absolute Gasteiger partial charge is 1.00 e. The van der Waals surface area contributed by atoms with Crippen molar-refractivity contribution in [3.05, 3.63) is 20.2 Å². The van der Waals surface area contributed by atoms with Gasteiger partial charge >= 0.3 is 45.8 Å². The average Bonchev–Trinajstić information content (AvgIpc) is 1.27. The van der Waals surface area contributed by atoms with E-state index in [1.807, 2.05) is 0 Å². The number of nitro groups is 2. The summed E-state index contributed by atoms with van der Waals surface area (Å²) in [7, 11) is 0.